The number of rotatable bonds is 2. The van der Waals surface area contributed by atoms with Crippen LogP contribution in [0, 0.1) is 13.8 Å². The van der Waals surface area contributed by atoms with Gasteiger partial charge in [0.05, 0.1) is 29.4 Å². The zero-order valence-corrected chi connectivity index (χ0v) is 11.5. The Bertz CT molecular complexity index is 801. The van der Waals surface area contributed by atoms with Crippen LogP contribution < -0.4 is 5.32 Å². The molecule has 0 radical (unpaired) electrons. The van der Waals surface area contributed by atoms with Crippen molar-refractivity contribution < 1.29 is 9.21 Å². The molecule has 0 aromatic carbocycles. The smallest absolute Gasteiger partial charge is 0.259 e. The van der Waals surface area contributed by atoms with E-state index in [1.54, 1.807) is 23.9 Å². The number of carbonyl (C=O) groups is 1. The van der Waals surface area contributed by atoms with Gasteiger partial charge in [-0.1, -0.05) is 0 Å². The first-order valence-corrected chi connectivity index (χ1v) is 6.21. The highest BCUT2D eigenvalue weighted by Crippen LogP contribution is 2.20. The van der Waals surface area contributed by atoms with Crippen LogP contribution >= 0.6 is 0 Å². The maximum absolute atomic E-state index is 12.1. The van der Waals surface area contributed by atoms with Gasteiger partial charge in [0.2, 0.25) is 0 Å². The monoisotopic (exact) mass is 270 g/mol. The molecule has 0 fully saturated rings. The molecule has 3 rings (SSSR count). The largest absolute Gasteiger partial charge is 0.469 e. The third-order valence-electron chi connectivity index (χ3n) is 3.22. The van der Waals surface area contributed by atoms with E-state index in [9.17, 15) is 4.79 Å². The van der Waals surface area contributed by atoms with Crippen LogP contribution in [0.4, 0.5) is 5.69 Å². The Morgan fingerprint density at radius 1 is 1.40 bits per heavy atom. The van der Waals surface area contributed by atoms with Crippen molar-refractivity contribution in [2.24, 2.45) is 7.05 Å². The summed E-state index contributed by atoms with van der Waals surface area (Å²) >= 11 is 0. The third-order valence-corrected chi connectivity index (χ3v) is 3.22. The summed E-state index contributed by atoms with van der Waals surface area (Å²) in [5.41, 5.74) is 2.83. The van der Waals surface area contributed by atoms with E-state index in [4.69, 9.17) is 4.42 Å². The number of furan rings is 1. The number of pyridine rings is 1. The number of carbonyl (C=O) groups excluding carboxylic acids is 1. The average Bonchev–Trinajstić information content (AvgIpc) is 2.95. The van der Waals surface area contributed by atoms with Gasteiger partial charge < -0.3 is 9.73 Å². The predicted molar refractivity (Wildman–Crippen MR) is 74.6 cm³/mol. The molecule has 0 aliphatic heterocycles. The zero-order valence-electron chi connectivity index (χ0n) is 11.5. The van der Waals surface area contributed by atoms with Crippen LogP contribution in [0.1, 0.15) is 21.8 Å². The van der Waals surface area contributed by atoms with Crippen molar-refractivity contribution in [3.05, 3.63) is 41.6 Å². The molecule has 0 atom stereocenters. The molecule has 3 aromatic rings. The molecule has 3 heterocycles. The molecular formula is C14H14N4O2. The highest BCUT2D eigenvalue weighted by molar-refractivity contribution is 6.05. The fourth-order valence-corrected chi connectivity index (χ4v) is 2.20. The molecule has 0 saturated heterocycles. The van der Waals surface area contributed by atoms with Crippen molar-refractivity contribution in [1.29, 1.82) is 0 Å². The van der Waals surface area contributed by atoms with Crippen LogP contribution in [0.2, 0.25) is 0 Å². The summed E-state index contributed by atoms with van der Waals surface area (Å²) in [4.78, 5) is 16.4. The fourth-order valence-electron chi connectivity index (χ4n) is 2.20. The lowest BCUT2D eigenvalue weighted by atomic mass is 10.2. The summed E-state index contributed by atoms with van der Waals surface area (Å²) in [5, 5.41) is 8.04. The summed E-state index contributed by atoms with van der Waals surface area (Å²) < 4.78 is 6.84. The highest BCUT2D eigenvalue weighted by Gasteiger charge is 2.13. The first kappa shape index (κ1) is 12.4. The van der Waals surface area contributed by atoms with Crippen LogP contribution in [-0.4, -0.2) is 20.7 Å². The quantitative estimate of drug-likeness (QED) is 0.776. The SMILES string of the molecule is Cc1occc1C(=O)Nc1cnc2c(c1)c(C)nn2C. The molecule has 0 unspecified atom stereocenters. The summed E-state index contributed by atoms with van der Waals surface area (Å²) in [6.07, 6.45) is 3.12. The standard InChI is InChI=1S/C14H14N4O2/c1-8-12-6-10(7-15-13(12)18(3)17-8)16-14(19)11-4-5-20-9(11)2/h4-7H,1-3H3,(H,16,19). The molecule has 6 heteroatoms. The Hall–Kier alpha value is -2.63. The van der Waals surface area contributed by atoms with E-state index in [0.717, 1.165) is 16.7 Å². The second-order valence-electron chi connectivity index (χ2n) is 4.65. The molecule has 3 aromatic heterocycles. The van der Waals surface area contributed by atoms with Gasteiger partial charge in [-0.15, -0.1) is 0 Å². The minimum Gasteiger partial charge on any atom is -0.469 e. The Balaban J connectivity index is 1.93. The fraction of sp³-hybridized carbons (Fsp3) is 0.214. The van der Waals surface area contributed by atoms with E-state index in [2.05, 4.69) is 15.4 Å². The van der Waals surface area contributed by atoms with E-state index < -0.39 is 0 Å². The summed E-state index contributed by atoms with van der Waals surface area (Å²) in [5.74, 6) is 0.382. The van der Waals surface area contributed by atoms with Gasteiger partial charge in [0.15, 0.2) is 5.65 Å². The molecular weight excluding hydrogens is 256 g/mol. The van der Waals surface area contributed by atoms with E-state index in [1.165, 1.54) is 6.26 Å². The lowest BCUT2D eigenvalue weighted by Crippen LogP contribution is -2.12. The summed E-state index contributed by atoms with van der Waals surface area (Å²) in [6.45, 7) is 3.66. The molecule has 0 aliphatic rings. The summed E-state index contributed by atoms with van der Waals surface area (Å²) in [7, 11) is 1.84. The lowest BCUT2D eigenvalue weighted by molar-refractivity contribution is 0.102. The minimum atomic E-state index is -0.209. The zero-order chi connectivity index (χ0) is 14.3. The molecule has 6 nitrogen and oxygen atoms in total. The normalized spacial score (nSPS) is 10.9. The first-order chi connectivity index (χ1) is 9.56. The summed E-state index contributed by atoms with van der Waals surface area (Å²) in [6, 6.07) is 3.52. The molecule has 102 valence electrons. The number of fused-ring (bicyclic) bond motifs is 1. The molecule has 1 N–H and O–H groups in total. The predicted octanol–water partition coefficient (Wildman–Crippen LogP) is 2.43. The van der Waals surface area contributed by atoms with Crippen LogP contribution in [-0.2, 0) is 7.05 Å². The van der Waals surface area contributed by atoms with Crippen molar-refractivity contribution in [1.82, 2.24) is 14.8 Å². The lowest BCUT2D eigenvalue weighted by Gasteiger charge is -2.04. The van der Waals surface area contributed by atoms with Gasteiger partial charge in [0.25, 0.3) is 5.91 Å². The van der Waals surface area contributed by atoms with Gasteiger partial charge in [0.1, 0.15) is 5.76 Å². The molecule has 20 heavy (non-hydrogen) atoms. The van der Waals surface area contributed by atoms with Crippen molar-refractivity contribution in [3.8, 4) is 0 Å². The van der Waals surface area contributed by atoms with Gasteiger partial charge >= 0.3 is 0 Å². The van der Waals surface area contributed by atoms with Gasteiger partial charge in [-0.2, -0.15) is 5.10 Å². The van der Waals surface area contributed by atoms with Crippen LogP contribution in [0.15, 0.2) is 29.0 Å². The number of nitrogens with one attached hydrogen (secondary N) is 1. The number of aryl methyl sites for hydroxylation is 3. The molecule has 0 aliphatic carbocycles. The van der Waals surface area contributed by atoms with Crippen LogP contribution in [0.3, 0.4) is 0 Å². The average molecular weight is 270 g/mol. The number of nitrogens with zero attached hydrogens (tertiary/aromatic N) is 3. The Labute approximate surface area is 115 Å². The number of amides is 1. The van der Waals surface area contributed by atoms with Gasteiger partial charge in [-0.3, -0.25) is 9.48 Å². The second kappa shape index (κ2) is 4.48. The van der Waals surface area contributed by atoms with Gasteiger partial charge in [-0.25, -0.2) is 4.98 Å². The van der Waals surface area contributed by atoms with Crippen molar-refractivity contribution in [3.63, 3.8) is 0 Å². The van der Waals surface area contributed by atoms with Crippen LogP contribution in [0.5, 0.6) is 0 Å². The number of hydrogen-bond acceptors (Lipinski definition) is 4. The second-order valence-corrected chi connectivity index (χ2v) is 4.65. The van der Waals surface area contributed by atoms with Gasteiger partial charge in [0, 0.05) is 12.4 Å². The van der Waals surface area contributed by atoms with Crippen molar-refractivity contribution >= 4 is 22.6 Å². The maximum atomic E-state index is 12.1. The number of hydrogen-bond donors (Lipinski definition) is 1. The van der Waals surface area contributed by atoms with Crippen molar-refractivity contribution in [2.45, 2.75) is 13.8 Å². The Morgan fingerprint density at radius 3 is 2.90 bits per heavy atom. The number of anilines is 1. The van der Waals surface area contributed by atoms with E-state index in [-0.39, 0.29) is 5.91 Å². The van der Waals surface area contributed by atoms with Gasteiger partial charge in [-0.05, 0) is 26.0 Å². The topological polar surface area (TPSA) is 73.0 Å². The maximum Gasteiger partial charge on any atom is 0.259 e. The van der Waals surface area contributed by atoms with Crippen molar-refractivity contribution in [2.75, 3.05) is 5.32 Å². The molecule has 0 spiro atoms. The first-order valence-electron chi connectivity index (χ1n) is 6.21. The third kappa shape index (κ3) is 1.95. The Kier molecular flexibility index (Phi) is 2.78. The van der Waals surface area contributed by atoms with Crippen LogP contribution in [0.25, 0.3) is 11.0 Å². The number of aromatic nitrogens is 3. The highest BCUT2D eigenvalue weighted by atomic mass is 16.3. The Morgan fingerprint density at radius 2 is 2.20 bits per heavy atom. The van der Waals surface area contributed by atoms with E-state index in [0.29, 0.717) is 17.0 Å². The van der Waals surface area contributed by atoms with E-state index >= 15 is 0 Å². The molecule has 0 saturated carbocycles. The van der Waals surface area contributed by atoms with E-state index in [1.807, 2.05) is 20.0 Å². The minimum absolute atomic E-state index is 0.209. The molecule has 0 bridgehead atoms. The molecule has 1 amide bonds.